The number of hydrogen-bond acceptors (Lipinski definition) is 2. The SMILES string of the molecule is O=C(NC1CCN(C(=O)c2cccc3ccccc23)CC1)c1ccc(-c2ccccc2)cc1. The van der Waals surface area contributed by atoms with Crippen molar-refractivity contribution in [3.63, 3.8) is 0 Å². The Hall–Kier alpha value is -3.92. The van der Waals surface area contributed by atoms with Crippen molar-refractivity contribution in [2.45, 2.75) is 18.9 Å². The summed E-state index contributed by atoms with van der Waals surface area (Å²) in [6, 6.07) is 31.7. The van der Waals surface area contributed by atoms with Crippen LogP contribution in [0.5, 0.6) is 0 Å². The number of nitrogens with one attached hydrogen (secondary N) is 1. The van der Waals surface area contributed by atoms with Gasteiger partial charge in [0.25, 0.3) is 11.8 Å². The average Bonchev–Trinajstić information content (AvgIpc) is 2.89. The molecule has 4 aromatic rings. The first-order valence-corrected chi connectivity index (χ1v) is 11.4. The molecule has 4 aromatic carbocycles. The Labute approximate surface area is 193 Å². The molecule has 1 fully saturated rings. The van der Waals surface area contributed by atoms with Gasteiger partial charge in [0.15, 0.2) is 0 Å². The molecule has 0 radical (unpaired) electrons. The number of benzene rings is 4. The molecule has 1 aliphatic heterocycles. The maximum atomic E-state index is 13.2. The van der Waals surface area contributed by atoms with Crippen LogP contribution in [0.15, 0.2) is 97.1 Å². The number of nitrogens with zero attached hydrogens (tertiary/aromatic N) is 1. The van der Waals surface area contributed by atoms with E-state index in [1.54, 1.807) is 0 Å². The highest BCUT2D eigenvalue weighted by Gasteiger charge is 2.25. The molecule has 33 heavy (non-hydrogen) atoms. The zero-order valence-electron chi connectivity index (χ0n) is 18.4. The van der Waals surface area contributed by atoms with E-state index in [1.807, 2.05) is 89.8 Å². The van der Waals surface area contributed by atoms with Gasteiger partial charge in [-0.25, -0.2) is 0 Å². The molecular formula is C29H26N2O2. The van der Waals surface area contributed by atoms with Crippen molar-refractivity contribution in [2.24, 2.45) is 0 Å². The summed E-state index contributed by atoms with van der Waals surface area (Å²) >= 11 is 0. The summed E-state index contributed by atoms with van der Waals surface area (Å²) in [5.41, 5.74) is 3.62. The summed E-state index contributed by atoms with van der Waals surface area (Å²) in [6.07, 6.45) is 1.51. The van der Waals surface area contributed by atoms with Crippen molar-refractivity contribution in [1.29, 1.82) is 0 Å². The molecule has 0 bridgehead atoms. The van der Waals surface area contributed by atoms with Gasteiger partial charge in [0.1, 0.15) is 0 Å². The van der Waals surface area contributed by atoms with Gasteiger partial charge in [0, 0.05) is 30.3 Å². The molecule has 0 saturated carbocycles. The predicted octanol–water partition coefficient (Wildman–Crippen LogP) is 5.54. The smallest absolute Gasteiger partial charge is 0.254 e. The highest BCUT2D eigenvalue weighted by Crippen LogP contribution is 2.23. The van der Waals surface area contributed by atoms with E-state index in [9.17, 15) is 9.59 Å². The van der Waals surface area contributed by atoms with Crippen molar-refractivity contribution in [3.8, 4) is 11.1 Å². The molecule has 164 valence electrons. The molecule has 1 saturated heterocycles. The van der Waals surface area contributed by atoms with Crippen LogP contribution in [0.25, 0.3) is 21.9 Å². The van der Waals surface area contributed by atoms with Crippen LogP contribution in [-0.4, -0.2) is 35.8 Å². The minimum absolute atomic E-state index is 0.0616. The van der Waals surface area contributed by atoms with Crippen molar-refractivity contribution < 1.29 is 9.59 Å². The molecule has 1 N–H and O–H groups in total. The van der Waals surface area contributed by atoms with E-state index in [0.717, 1.165) is 40.3 Å². The van der Waals surface area contributed by atoms with Crippen LogP contribution in [-0.2, 0) is 0 Å². The molecule has 4 nitrogen and oxygen atoms in total. The molecule has 4 heteroatoms. The van der Waals surface area contributed by atoms with Crippen LogP contribution in [0.1, 0.15) is 33.6 Å². The van der Waals surface area contributed by atoms with Gasteiger partial charge >= 0.3 is 0 Å². The quantitative estimate of drug-likeness (QED) is 0.458. The summed E-state index contributed by atoms with van der Waals surface area (Å²) in [7, 11) is 0. The van der Waals surface area contributed by atoms with Gasteiger partial charge in [-0.1, -0.05) is 78.9 Å². The van der Waals surface area contributed by atoms with Gasteiger partial charge in [0.2, 0.25) is 0 Å². The third kappa shape index (κ3) is 4.51. The largest absolute Gasteiger partial charge is 0.349 e. The van der Waals surface area contributed by atoms with Gasteiger partial charge in [0.05, 0.1) is 0 Å². The van der Waals surface area contributed by atoms with Crippen molar-refractivity contribution >= 4 is 22.6 Å². The summed E-state index contributed by atoms with van der Waals surface area (Å²) in [6.45, 7) is 1.28. The first kappa shape index (κ1) is 21.0. The fraction of sp³-hybridized carbons (Fsp3) is 0.172. The molecule has 0 aliphatic carbocycles. The second-order valence-corrected chi connectivity index (χ2v) is 8.51. The lowest BCUT2D eigenvalue weighted by atomic mass is 10.00. The summed E-state index contributed by atoms with van der Waals surface area (Å²) in [4.78, 5) is 27.8. The highest BCUT2D eigenvalue weighted by atomic mass is 16.2. The van der Waals surface area contributed by atoms with Gasteiger partial charge in [-0.3, -0.25) is 9.59 Å². The second-order valence-electron chi connectivity index (χ2n) is 8.51. The normalized spacial score (nSPS) is 14.2. The Bertz CT molecular complexity index is 1270. The Morgan fingerprint density at radius 1 is 0.697 bits per heavy atom. The highest BCUT2D eigenvalue weighted by molar-refractivity contribution is 6.07. The minimum atomic E-state index is -0.0616. The third-order valence-corrected chi connectivity index (χ3v) is 6.39. The first-order valence-electron chi connectivity index (χ1n) is 11.4. The Morgan fingerprint density at radius 3 is 2.09 bits per heavy atom. The minimum Gasteiger partial charge on any atom is -0.349 e. The van der Waals surface area contributed by atoms with Crippen LogP contribution in [0, 0.1) is 0 Å². The van der Waals surface area contributed by atoms with Crippen molar-refractivity contribution in [1.82, 2.24) is 10.2 Å². The molecule has 1 aliphatic rings. The topological polar surface area (TPSA) is 49.4 Å². The number of rotatable bonds is 4. The second kappa shape index (κ2) is 9.29. The van der Waals surface area contributed by atoms with E-state index in [0.29, 0.717) is 18.7 Å². The lowest BCUT2D eigenvalue weighted by Gasteiger charge is -2.32. The van der Waals surface area contributed by atoms with Crippen molar-refractivity contribution in [3.05, 3.63) is 108 Å². The molecule has 0 unspecified atom stereocenters. The van der Waals surface area contributed by atoms with Crippen LogP contribution in [0.2, 0.25) is 0 Å². The van der Waals surface area contributed by atoms with E-state index in [2.05, 4.69) is 17.4 Å². The molecule has 1 heterocycles. The summed E-state index contributed by atoms with van der Waals surface area (Å²) in [5, 5.41) is 5.20. The van der Waals surface area contributed by atoms with E-state index in [4.69, 9.17) is 0 Å². The van der Waals surface area contributed by atoms with Gasteiger partial charge < -0.3 is 10.2 Å². The molecule has 2 amide bonds. The number of hydrogen-bond donors (Lipinski definition) is 1. The number of carbonyl (C=O) groups is 2. The number of likely N-dealkylation sites (tertiary alicyclic amines) is 1. The van der Waals surface area contributed by atoms with Crippen LogP contribution in [0.3, 0.4) is 0 Å². The van der Waals surface area contributed by atoms with Gasteiger partial charge in [-0.15, -0.1) is 0 Å². The number of piperidine rings is 1. The predicted molar refractivity (Wildman–Crippen MR) is 132 cm³/mol. The van der Waals surface area contributed by atoms with Crippen LogP contribution >= 0.6 is 0 Å². The van der Waals surface area contributed by atoms with Gasteiger partial charge in [-0.05, 0) is 52.9 Å². The Balaban J connectivity index is 1.19. The third-order valence-electron chi connectivity index (χ3n) is 6.39. The number of fused-ring (bicyclic) bond motifs is 1. The number of amides is 2. The molecule has 5 rings (SSSR count). The van der Waals surface area contributed by atoms with E-state index in [-0.39, 0.29) is 17.9 Å². The molecule has 0 spiro atoms. The fourth-order valence-corrected chi connectivity index (χ4v) is 4.52. The number of carbonyl (C=O) groups excluding carboxylic acids is 2. The zero-order valence-corrected chi connectivity index (χ0v) is 18.4. The lowest BCUT2D eigenvalue weighted by molar-refractivity contribution is 0.0700. The monoisotopic (exact) mass is 434 g/mol. The average molecular weight is 435 g/mol. The van der Waals surface area contributed by atoms with E-state index in [1.165, 1.54) is 0 Å². The fourth-order valence-electron chi connectivity index (χ4n) is 4.52. The van der Waals surface area contributed by atoms with E-state index < -0.39 is 0 Å². The Kier molecular flexibility index (Phi) is 5.90. The maximum Gasteiger partial charge on any atom is 0.254 e. The van der Waals surface area contributed by atoms with E-state index >= 15 is 0 Å². The zero-order chi connectivity index (χ0) is 22.6. The first-order chi connectivity index (χ1) is 16.2. The summed E-state index contributed by atoms with van der Waals surface area (Å²) < 4.78 is 0. The molecule has 0 atom stereocenters. The van der Waals surface area contributed by atoms with Gasteiger partial charge in [-0.2, -0.15) is 0 Å². The summed E-state index contributed by atoms with van der Waals surface area (Å²) in [5.74, 6) is 0.00141. The molecule has 0 aromatic heterocycles. The van der Waals surface area contributed by atoms with Crippen LogP contribution in [0.4, 0.5) is 0 Å². The lowest BCUT2D eigenvalue weighted by Crippen LogP contribution is -2.46. The van der Waals surface area contributed by atoms with Crippen LogP contribution < -0.4 is 5.32 Å². The maximum absolute atomic E-state index is 13.2. The standard InChI is InChI=1S/C29H26N2O2/c32-28(24-15-13-22(14-16-24)21-7-2-1-3-8-21)30-25-17-19-31(20-18-25)29(33)27-12-6-10-23-9-4-5-11-26(23)27/h1-16,25H,17-20H2,(H,30,32). The molecular weight excluding hydrogens is 408 g/mol. The Morgan fingerprint density at radius 2 is 1.33 bits per heavy atom. The van der Waals surface area contributed by atoms with Crippen molar-refractivity contribution in [2.75, 3.05) is 13.1 Å².